The number of nitrogens with zero attached hydrogens (tertiary/aromatic N) is 2. The maximum Gasteiger partial charge on any atom is 0.234 e. The van der Waals surface area contributed by atoms with Gasteiger partial charge in [-0.15, -0.1) is 0 Å². The van der Waals surface area contributed by atoms with Crippen LogP contribution in [0, 0.1) is 35.5 Å². The molecule has 3 aliphatic heterocycles. The Morgan fingerprint density at radius 1 is 0.721 bits per heavy atom. The molecule has 3 saturated carbocycles. The van der Waals surface area contributed by atoms with Gasteiger partial charge in [0, 0.05) is 30.0 Å². The number of likely N-dealkylation sites (tertiary alicyclic amines) is 2. The molecule has 4 amide bonds. The molecule has 226 valence electrons. The third-order valence-corrected chi connectivity index (χ3v) is 11.8. The van der Waals surface area contributed by atoms with E-state index < -0.39 is 23.7 Å². The van der Waals surface area contributed by atoms with Crippen LogP contribution in [0.15, 0.2) is 41.7 Å². The van der Waals surface area contributed by atoms with Crippen LogP contribution in [0.3, 0.4) is 0 Å². The maximum atomic E-state index is 14.3. The zero-order valence-corrected chi connectivity index (χ0v) is 24.6. The molecule has 8 nitrogen and oxygen atoms in total. The van der Waals surface area contributed by atoms with Crippen molar-refractivity contribution in [2.75, 3.05) is 0 Å². The molecule has 6 unspecified atom stereocenters. The van der Waals surface area contributed by atoms with Crippen molar-refractivity contribution in [2.45, 2.75) is 95.6 Å². The van der Waals surface area contributed by atoms with Crippen LogP contribution in [0.4, 0.5) is 0 Å². The summed E-state index contributed by atoms with van der Waals surface area (Å²) in [6, 6.07) is 4.95. The quantitative estimate of drug-likeness (QED) is 0.394. The van der Waals surface area contributed by atoms with Gasteiger partial charge in [0.15, 0.2) is 0 Å². The molecular weight excluding hydrogens is 544 g/mol. The number of imide groups is 2. The number of ether oxygens (including phenoxy) is 1. The predicted octanol–water partition coefficient (Wildman–Crippen LogP) is 5.05. The number of fused-ring (bicyclic) bond motifs is 5. The summed E-state index contributed by atoms with van der Waals surface area (Å²) in [6.45, 7) is 0. The summed E-state index contributed by atoms with van der Waals surface area (Å²) in [6.07, 6.45) is 15.1. The van der Waals surface area contributed by atoms with Crippen LogP contribution in [0.25, 0.3) is 0 Å². The molecule has 0 spiro atoms. The number of carbonyl (C=O) groups is 4. The van der Waals surface area contributed by atoms with Crippen molar-refractivity contribution in [3.8, 4) is 11.5 Å². The second-order valence-electron chi connectivity index (χ2n) is 14.0. The maximum absolute atomic E-state index is 14.3. The van der Waals surface area contributed by atoms with Crippen LogP contribution < -0.4 is 4.74 Å². The highest BCUT2D eigenvalue weighted by Crippen LogP contribution is 2.58. The van der Waals surface area contributed by atoms with Crippen LogP contribution in [0.2, 0.25) is 0 Å². The minimum Gasteiger partial charge on any atom is -0.508 e. The van der Waals surface area contributed by atoms with Gasteiger partial charge in [-0.2, -0.15) is 0 Å². The van der Waals surface area contributed by atoms with Gasteiger partial charge in [-0.1, -0.05) is 50.2 Å². The Balaban J connectivity index is 1.19. The Kier molecular flexibility index (Phi) is 6.53. The van der Waals surface area contributed by atoms with Gasteiger partial charge in [0.25, 0.3) is 0 Å². The van der Waals surface area contributed by atoms with Crippen molar-refractivity contribution in [3.05, 3.63) is 47.2 Å². The van der Waals surface area contributed by atoms with Crippen LogP contribution in [-0.2, 0) is 25.6 Å². The summed E-state index contributed by atoms with van der Waals surface area (Å²) >= 11 is 0. The van der Waals surface area contributed by atoms with E-state index in [0.717, 1.165) is 80.9 Å². The first kappa shape index (κ1) is 27.2. The van der Waals surface area contributed by atoms with Gasteiger partial charge < -0.3 is 9.84 Å². The molecule has 4 aliphatic carbocycles. The van der Waals surface area contributed by atoms with Gasteiger partial charge in [-0.3, -0.25) is 29.0 Å². The van der Waals surface area contributed by atoms with E-state index in [9.17, 15) is 24.3 Å². The van der Waals surface area contributed by atoms with E-state index in [1.54, 1.807) is 34.3 Å². The molecule has 0 radical (unpaired) electrons. The number of hydrogen-bond acceptors (Lipinski definition) is 6. The van der Waals surface area contributed by atoms with Crippen LogP contribution in [0.1, 0.15) is 82.6 Å². The average Bonchev–Trinajstić information content (AvgIpc) is 3.44. The first-order valence-corrected chi connectivity index (χ1v) is 16.5. The van der Waals surface area contributed by atoms with Gasteiger partial charge in [0.1, 0.15) is 11.5 Å². The van der Waals surface area contributed by atoms with Gasteiger partial charge in [-0.05, 0) is 68.2 Å². The Morgan fingerprint density at radius 2 is 1.35 bits per heavy atom. The standard InChI is InChI=1S/C35H40N2O6/c38-23-11-14-28-19(16-23)15-20(18-43-28)29-24-12-13-25-30(34(41)36(32(25)39)21-7-3-1-4-8-21)26(24)17-27-31(29)35(42)37(33(27)40)22-9-5-2-6-10-22/h11-12,14,16,18,21-22,25-27,29-31,38H,1-10,13,15,17H2. The third kappa shape index (κ3) is 4.15. The second-order valence-corrected chi connectivity index (χ2v) is 14.0. The van der Waals surface area contributed by atoms with E-state index >= 15 is 0 Å². The fraction of sp³-hybridized carbons (Fsp3) is 0.600. The molecule has 6 atom stereocenters. The fourth-order valence-electron chi connectivity index (χ4n) is 9.86. The molecule has 5 fully saturated rings. The molecule has 8 rings (SSSR count). The molecule has 7 aliphatic rings. The zero-order chi connectivity index (χ0) is 29.4. The predicted molar refractivity (Wildman–Crippen MR) is 156 cm³/mol. The van der Waals surface area contributed by atoms with Crippen LogP contribution in [-0.4, -0.2) is 50.6 Å². The summed E-state index contributed by atoms with van der Waals surface area (Å²) in [5.74, 6) is -2.04. The fourth-order valence-corrected chi connectivity index (χ4v) is 9.86. The number of carbonyl (C=O) groups excluding carboxylic acids is 4. The largest absolute Gasteiger partial charge is 0.508 e. The van der Waals surface area contributed by atoms with E-state index in [-0.39, 0.29) is 53.3 Å². The van der Waals surface area contributed by atoms with Crippen molar-refractivity contribution >= 4 is 23.6 Å². The van der Waals surface area contributed by atoms with E-state index in [2.05, 4.69) is 6.08 Å². The van der Waals surface area contributed by atoms with E-state index in [1.807, 2.05) is 0 Å². The number of rotatable bonds is 3. The molecule has 1 N–H and O–H groups in total. The number of phenols is 1. The number of hydrogen-bond donors (Lipinski definition) is 1. The van der Waals surface area contributed by atoms with Gasteiger partial charge in [-0.25, -0.2) is 0 Å². The van der Waals surface area contributed by atoms with Crippen molar-refractivity contribution in [1.29, 1.82) is 0 Å². The number of benzene rings is 1. The monoisotopic (exact) mass is 584 g/mol. The Morgan fingerprint density at radius 3 is 2.02 bits per heavy atom. The third-order valence-electron chi connectivity index (χ3n) is 11.8. The molecule has 1 aromatic rings. The lowest BCUT2D eigenvalue weighted by Gasteiger charge is -2.45. The summed E-state index contributed by atoms with van der Waals surface area (Å²) in [7, 11) is 0. The molecule has 1 aromatic carbocycles. The number of allylic oxidation sites excluding steroid dienone is 3. The molecule has 2 saturated heterocycles. The summed E-state index contributed by atoms with van der Waals surface area (Å²) < 4.78 is 6.06. The topological polar surface area (TPSA) is 104 Å². The number of aromatic hydroxyl groups is 1. The summed E-state index contributed by atoms with van der Waals surface area (Å²) in [4.78, 5) is 59.7. The van der Waals surface area contributed by atoms with E-state index in [0.29, 0.717) is 25.0 Å². The lowest BCUT2D eigenvalue weighted by Crippen LogP contribution is -2.45. The van der Waals surface area contributed by atoms with E-state index in [1.165, 1.54) is 0 Å². The summed E-state index contributed by atoms with van der Waals surface area (Å²) in [5, 5.41) is 10.2. The first-order valence-electron chi connectivity index (χ1n) is 16.5. The highest BCUT2D eigenvalue weighted by molar-refractivity contribution is 6.08. The van der Waals surface area contributed by atoms with E-state index in [4.69, 9.17) is 4.74 Å². The smallest absolute Gasteiger partial charge is 0.234 e. The van der Waals surface area contributed by atoms with Crippen molar-refractivity contribution in [3.63, 3.8) is 0 Å². The normalized spacial score (nSPS) is 34.7. The number of amides is 4. The SMILES string of the molecule is O=C1C2CC=C3C(CC4C(=O)N(C5CCCCC5)C(=O)C4C3C3=COc4ccc(O)cc4C3)C2C(=O)N1C1CCCCC1. The Bertz CT molecular complexity index is 1450. The van der Waals surface area contributed by atoms with Crippen LogP contribution in [0.5, 0.6) is 11.5 Å². The zero-order valence-electron chi connectivity index (χ0n) is 24.6. The Hall–Kier alpha value is -3.42. The van der Waals surface area contributed by atoms with Gasteiger partial charge in [0.2, 0.25) is 23.6 Å². The minimum absolute atomic E-state index is 0.0231. The average molecular weight is 585 g/mol. The molecule has 0 bridgehead atoms. The number of phenolic OH excluding ortho intramolecular Hbond substituents is 1. The van der Waals surface area contributed by atoms with Crippen molar-refractivity contribution < 1.29 is 29.0 Å². The molecule has 0 aromatic heterocycles. The van der Waals surface area contributed by atoms with Crippen LogP contribution >= 0.6 is 0 Å². The minimum atomic E-state index is -0.538. The van der Waals surface area contributed by atoms with Gasteiger partial charge in [0.05, 0.1) is 29.9 Å². The molecule has 8 heteroatoms. The first-order chi connectivity index (χ1) is 20.9. The highest BCUT2D eigenvalue weighted by atomic mass is 16.5. The molecule has 43 heavy (non-hydrogen) atoms. The van der Waals surface area contributed by atoms with Crippen molar-refractivity contribution in [1.82, 2.24) is 9.80 Å². The lowest BCUT2D eigenvalue weighted by atomic mass is 9.56. The highest BCUT2D eigenvalue weighted by Gasteiger charge is 2.63. The van der Waals surface area contributed by atoms with Gasteiger partial charge >= 0.3 is 0 Å². The summed E-state index contributed by atoms with van der Waals surface area (Å²) in [5.41, 5.74) is 2.76. The Labute approximate surface area is 252 Å². The second kappa shape index (κ2) is 10.3. The molecule has 3 heterocycles. The molecular formula is C35H40N2O6. The van der Waals surface area contributed by atoms with Crippen molar-refractivity contribution in [2.24, 2.45) is 35.5 Å². The lowest BCUT2D eigenvalue weighted by molar-refractivity contribution is -0.145.